The second-order valence-electron chi connectivity index (χ2n) is 5.74. The molecule has 0 aliphatic rings. The van der Waals surface area contributed by atoms with Crippen LogP contribution in [0.2, 0.25) is 10.0 Å². The number of hydrogen-bond acceptors (Lipinski definition) is 3. The molecule has 5 nitrogen and oxygen atoms in total. The molecule has 1 amide bonds. The normalized spacial score (nSPS) is 11.7. The molecule has 0 aromatic heterocycles. The van der Waals surface area contributed by atoms with Gasteiger partial charge in [0.25, 0.3) is 5.91 Å². The maximum Gasteiger partial charge on any atom is 0.305 e. The Hall–Kier alpha value is -2.08. The molecule has 0 fully saturated rings. The van der Waals surface area contributed by atoms with E-state index < -0.39 is 6.04 Å². The molecule has 0 saturated heterocycles. The third kappa shape index (κ3) is 6.33. The van der Waals surface area contributed by atoms with Gasteiger partial charge in [-0.3, -0.25) is 9.59 Å². The molecular formula is C19H21Cl2N2O3+. The number of esters is 1. The topological polar surface area (TPSA) is 72.0 Å². The second-order valence-corrected chi connectivity index (χ2v) is 6.61. The summed E-state index contributed by atoms with van der Waals surface area (Å²) in [6, 6.07) is 13.9. The molecule has 0 aliphatic heterocycles. The van der Waals surface area contributed by atoms with E-state index in [1.807, 2.05) is 35.6 Å². The Morgan fingerprint density at radius 3 is 2.38 bits per heavy atom. The largest absolute Gasteiger partial charge is 0.469 e. The number of quaternary nitrogens is 1. The van der Waals surface area contributed by atoms with Gasteiger partial charge in [0.15, 0.2) is 6.04 Å². The molecule has 0 saturated carbocycles. The van der Waals surface area contributed by atoms with Crippen LogP contribution in [0.25, 0.3) is 0 Å². The number of nitrogens with two attached hydrogens (primary N) is 1. The Labute approximate surface area is 162 Å². The third-order valence-corrected chi connectivity index (χ3v) is 4.22. The van der Waals surface area contributed by atoms with Crippen molar-refractivity contribution in [2.75, 3.05) is 19.0 Å². The maximum absolute atomic E-state index is 12.8. The summed E-state index contributed by atoms with van der Waals surface area (Å²) in [5.74, 6) is -0.444. The number of benzene rings is 2. The van der Waals surface area contributed by atoms with Gasteiger partial charge in [0, 0.05) is 27.7 Å². The van der Waals surface area contributed by atoms with Gasteiger partial charge in [-0.1, -0.05) is 53.5 Å². The molecule has 0 aliphatic carbocycles. The monoisotopic (exact) mass is 395 g/mol. The zero-order chi connectivity index (χ0) is 18.9. The number of amides is 1. The van der Waals surface area contributed by atoms with E-state index in [1.165, 1.54) is 7.11 Å². The molecular weight excluding hydrogens is 375 g/mol. The van der Waals surface area contributed by atoms with E-state index in [2.05, 4.69) is 10.1 Å². The van der Waals surface area contributed by atoms with Gasteiger partial charge in [-0.25, -0.2) is 0 Å². The van der Waals surface area contributed by atoms with Gasteiger partial charge in [-0.05, 0) is 18.2 Å². The minimum Gasteiger partial charge on any atom is -0.469 e. The molecule has 0 heterocycles. The Bertz CT molecular complexity index is 733. The molecule has 0 spiro atoms. The SMILES string of the molecule is COC(=O)CCC[NH2+][C@@H](C(=O)Nc1cc(Cl)cc(Cl)c1)c1ccccc1. The van der Waals surface area contributed by atoms with Crippen molar-refractivity contribution in [3.8, 4) is 0 Å². The van der Waals surface area contributed by atoms with E-state index >= 15 is 0 Å². The first kappa shape index (κ1) is 20.2. The van der Waals surface area contributed by atoms with Crippen LogP contribution in [0.4, 0.5) is 5.69 Å². The number of carbonyl (C=O) groups excluding carboxylic acids is 2. The predicted molar refractivity (Wildman–Crippen MR) is 102 cm³/mol. The molecule has 7 heteroatoms. The molecule has 2 aromatic rings. The van der Waals surface area contributed by atoms with E-state index in [9.17, 15) is 9.59 Å². The first-order chi connectivity index (χ1) is 12.5. The molecule has 0 radical (unpaired) electrons. The fourth-order valence-electron chi connectivity index (χ4n) is 2.53. The summed E-state index contributed by atoms with van der Waals surface area (Å²) in [4.78, 5) is 24.0. The van der Waals surface area contributed by atoms with Crippen LogP contribution in [-0.4, -0.2) is 25.5 Å². The van der Waals surface area contributed by atoms with Crippen molar-refractivity contribution in [1.29, 1.82) is 0 Å². The van der Waals surface area contributed by atoms with Crippen molar-refractivity contribution in [3.05, 3.63) is 64.1 Å². The summed E-state index contributed by atoms with van der Waals surface area (Å²) in [5, 5.41) is 5.66. The van der Waals surface area contributed by atoms with Crippen LogP contribution < -0.4 is 10.6 Å². The number of hydrogen-bond donors (Lipinski definition) is 2. The molecule has 2 rings (SSSR count). The standard InChI is InChI=1S/C19H20Cl2N2O3/c1-26-17(24)8-5-9-22-18(13-6-3-2-4-7-13)19(25)23-16-11-14(20)10-15(21)12-16/h2-4,6-7,10-12,18,22H,5,8-9H2,1H3,(H,23,25)/p+1/t18-/m1/s1. The molecule has 3 N–H and O–H groups in total. The molecule has 138 valence electrons. The molecule has 0 unspecified atom stereocenters. The summed E-state index contributed by atoms with van der Waals surface area (Å²) in [7, 11) is 1.36. The van der Waals surface area contributed by atoms with Crippen molar-refractivity contribution in [2.24, 2.45) is 0 Å². The first-order valence-corrected chi connectivity index (χ1v) is 8.97. The highest BCUT2D eigenvalue weighted by molar-refractivity contribution is 6.35. The predicted octanol–water partition coefficient (Wildman–Crippen LogP) is 3.19. The van der Waals surface area contributed by atoms with Gasteiger partial charge in [-0.2, -0.15) is 0 Å². The van der Waals surface area contributed by atoms with Gasteiger partial charge >= 0.3 is 5.97 Å². The minimum atomic E-state index is -0.452. The average molecular weight is 396 g/mol. The van der Waals surface area contributed by atoms with Crippen molar-refractivity contribution in [1.82, 2.24) is 0 Å². The van der Waals surface area contributed by atoms with Gasteiger partial charge in [0.05, 0.1) is 20.1 Å². The van der Waals surface area contributed by atoms with E-state index in [0.29, 0.717) is 35.1 Å². The van der Waals surface area contributed by atoms with Crippen LogP contribution in [0, 0.1) is 0 Å². The quantitative estimate of drug-likeness (QED) is 0.532. The Kier molecular flexibility index (Phi) is 7.91. The molecule has 0 bridgehead atoms. The number of methoxy groups -OCH3 is 1. The number of carbonyl (C=O) groups is 2. The van der Waals surface area contributed by atoms with Gasteiger partial charge in [-0.15, -0.1) is 0 Å². The van der Waals surface area contributed by atoms with Gasteiger partial charge < -0.3 is 15.4 Å². The number of rotatable bonds is 8. The number of anilines is 1. The highest BCUT2D eigenvalue weighted by Crippen LogP contribution is 2.23. The summed E-state index contributed by atoms with van der Waals surface area (Å²) in [6.45, 7) is 0.610. The number of nitrogens with one attached hydrogen (secondary N) is 1. The number of ether oxygens (including phenoxy) is 1. The lowest BCUT2D eigenvalue weighted by molar-refractivity contribution is -0.682. The lowest BCUT2D eigenvalue weighted by Gasteiger charge is -2.16. The van der Waals surface area contributed by atoms with E-state index in [-0.39, 0.29) is 11.9 Å². The number of halogens is 2. The Balaban J connectivity index is 2.07. The lowest BCUT2D eigenvalue weighted by atomic mass is 10.1. The average Bonchev–Trinajstić information content (AvgIpc) is 2.61. The van der Waals surface area contributed by atoms with Crippen molar-refractivity contribution in [2.45, 2.75) is 18.9 Å². The molecule has 1 atom stereocenters. The summed E-state index contributed by atoms with van der Waals surface area (Å²) in [6.07, 6.45) is 0.937. The van der Waals surface area contributed by atoms with Crippen LogP contribution in [0.15, 0.2) is 48.5 Å². The van der Waals surface area contributed by atoms with E-state index in [1.54, 1.807) is 18.2 Å². The fourth-order valence-corrected chi connectivity index (χ4v) is 3.06. The Morgan fingerprint density at radius 1 is 1.12 bits per heavy atom. The highest BCUT2D eigenvalue weighted by atomic mass is 35.5. The van der Waals surface area contributed by atoms with Crippen LogP contribution in [0.3, 0.4) is 0 Å². The maximum atomic E-state index is 12.8. The van der Waals surface area contributed by atoms with Crippen LogP contribution in [-0.2, 0) is 14.3 Å². The van der Waals surface area contributed by atoms with Gasteiger partial charge in [0.1, 0.15) is 0 Å². The van der Waals surface area contributed by atoms with E-state index in [4.69, 9.17) is 23.2 Å². The van der Waals surface area contributed by atoms with Crippen molar-refractivity contribution >= 4 is 40.8 Å². The third-order valence-electron chi connectivity index (χ3n) is 3.79. The smallest absolute Gasteiger partial charge is 0.305 e. The minimum absolute atomic E-state index is 0.187. The fraction of sp³-hybridized carbons (Fsp3) is 0.263. The van der Waals surface area contributed by atoms with Crippen molar-refractivity contribution < 1.29 is 19.6 Å². The van der Waals surface area contributed by atoms with Crippen molar-refractivity contribution in [3.63, 3.8) is 0 Å². The Morgan fingerprint density at radius 2 is 1.77 bits per heavy atom. The van der Waals surface area contributed by atoms with Crippen LogP contribution in [0.1, 0.15) is 24.4 Å². The second kappa shape index (κ2) is 10.2. The first-order valence-electron chi connectivity index (χ1n) is 8.21. The van der Waals surface area contributed by atoms with E-state index in [0.717, 1.165) is 5.56 Å². The zero-order valence-corrected chi connectivity index (χ0v) is 15.9. The van der Waals surface area contributed by atoms with Crippen LogP contribution in [0.5, 0.6) is 0 Å². The van der Waals surface area contributed by atoms with Crippen LogP contribution >= 0.6 is 23.2 Å². The highest BCUT2D eigenvalue weighted by Gasteiger charge is 2.24. The lowest BCUT2D eigenvalue weighted by Crippen LogP contribution is -2.87. The molecule has 26 heavy (non-hydrogen) atoms. The van der Waals surface area contributed by atoms with Gasteiger partial charge in [0.2, 0.25) is 0 Å². The summed E-state index contributed by atoms with van der Waals surface area (Å²) >= 11 is 12.0. The summed E-state index contributed by atoms with van der Waals surface area (Å²) < 4.78 is 4.63. The molecule has 2 aromatic carbocycles. The zero-order valence-electron chi connectivity index (χ0n) is 14.4. The summed E-state index contributed by atoms with van der Waals surface area (Å²) in [5.41, 5.74) is 1.41.